The summed E-state index contributed by atoms with van der Waals surface area (Å²) in [6.45, 7) is 0. The minimum atomic E-state index is -0.352. The standard InChI is InChI=1S/C14H11FN2O/c15-9-5-6-12(11(16)7-9)17-13-8-18-14-4-2-1-3-10(13)14/h1-8,17H,16H2. The van der Waals surface area contributed by atoms with E-state index < -0.39 is 0 Å². The van der Waals surface area contributed by atoms with Gasteiger partial charge in [0.05, 0.1) is 17.1 Å². The molecule has 3 aromatic rings. The summed E-state index contributed by atoms with van der Waals surface area (Å²) in [5.41, 5.74) is 8.37. The lowest BCUT2D eigenvalue weighted by atomic mass is 10.2. The molecular weight excluding hydrogens is 231 g/mol. The zero-order chi connectivity index (χ0) is 12.5. The van der Waals surface area contributed by atoms with Gasteiger partial charge in [0.25, 0.3) is 0 Å². The highest BCUT2D eigenvalue weighted by Gasteiger charge is 2.07. The SMILES string of the molecule is Nc1cc(F)ccc1Nc1coc2ccccc12. The molecule has 4 heteroatoms. The first kappa shape index (κ1) is 10.7. The maximum absolute atomic E-state index is 13.0. The van der Waals surface area contributed by atoms with Crippen LogP contribution >= 0.6 is 0 Å². The van der Waals surface area contributed by atoms with Gasteiger partial charge in [-0.2, -0.15) is 0 Å². The van der Waals surface area contributed by atoms with Gasteiger partial charge in [-0.25, -0.2) is 4.39 Å². The Morgan fingerprint density at radius 1 is 1.06 bits per heavy atom. The predicted octanol–water partition coefficient (Wildman–Crippen LogP) is 3.90. The van der Waals surface area contributed by atoms with Crippen LogP contribution in [0, 0.1) is 5.82 Å². The van der Waals surface area contributed by atoms with E-state index in [9.17, 15) is 4.39 Å². The largest absolute Gasteiger partial charge is 0.462 e. The average Bonchev–Trinajstić information content (AvgIpc) is 2.76. The number of benzene rings is 2. The molecule has 0 aliphatic carbocycles. The van der Waals surface area contributed by atoms with Gasteiger partial charge in [-0.15, -0.1) is 0 Å². The molecule has 0 saturated carbocycles. The Balaban J connectivity index is 2.01. The van der Waals surface area contributed by atoms with Gasteiger partial charge in [-0.3, -0.25) is 0 Å². The van der Waals surface area contributed by atoms with Gasteiger partial charge in [0.1, 0.15) is 17.7 Å². The average molecular weight is 242 g/mol. The molecule has 0 bridgehead atoms. The lowest BCUT2D eigenvalue weighted by Gasteiger charge is -2.07. The summed E-state index contributed by atoms with van der Waals surface area (Å²) in [6, 6.07) is 11.9. The van der Waals surface area contributed by atoms with Crippen molar-refractivity contribution in [3.63, 3.8) is 0 Å². The summed E-state index contributed by atoms with van der Waals surface area (Å²) in [5.74, 6) is -0.352. The van der Waals surface area contributed by atoms with Crippen LogP contribution in [0.1, 0.15) is 0 Å². The lowest BCUT2D eigenvalue weighted by molar-refractivity contribution is 0.617. The minimum absolute atomic E-state index is 0.352. The van der Waals surface area contributed by atoms with Crippen LogP contribution in [0.25, 0.3) is 11.0 Å². The predicted molar refractivity (Wildman–Crippen MR) is 70.3 cm³/mol. The molecule has 18 heavy (non-hydrogen) atoms. The maximum atomic E-state index is 13.0. The second-order valence-electron chi connectivity index (χ2n) is 4.00. The van der Waals surface area contributed by atoms with Crippen molar-refractivity contribution in [2.75, 3.05) is 11.1 Å². The normalized spacial score (nSPS) is 10.7. The quantitative estimate of drug-likeness (QED) is 0.670. The molecule has 90 valence electrons. The van der Waals surface area contributed by atoms with E-state index in [1.165, 1.54) is 12.1 Å². The smallest absolute Gasteiger partial charge is 0.136 e. The van der Waals surface area contributed by atoms with Crippen LogP contribution in [0.2, 0.25) is 0 Å². The number of hydrogen-bond acceptors (Lipinski definition) is 3. The molecule has 0 unspecified atom stereocenters. The molecule has 2 aromatic carbocycles. The van der Waals surface area contributed by atoms with Crippen molar-refractivity contribution in [3.05, 3.63) is 54.5 Å². The number of nitrogens with one attached hydrogen (secondary N) is 1. The van der Waals surface area contributed by atoms with Crippen molar-refractivity contribution in [1.29, 1.82) is 0 Å². The number of hydrogen-bond donors (Lipinski definition) is 2. The van der Waals surface area contributed by atoms with Crippen molar-refractivity contribution in [1.82, 2.24) is 0 Å². The summed E-state index contributed by atoms with van der Waals surface area (Å²) in [4.78, 5) is 0. The third-order valence-electron chi connectivity index (χ3n) is 2.76. The van der Waals surface area contributed by atoms with Crippen LogP contribution in [-0.4, -0.2) is 0 Å². The number of rotatable bonds is 2. The number of nitrogens with two attached hydrogens (primary N) is 1. The molecule has 0 spiro atoms. The summed E-state index contributed by atoms with van der Waals surface area (Å²) >= 11 is 0. The number of halogens is 1. The third kappa shape index (κ3) is 1.78. The molecule has 0 saturated heterocycles. The summed E-state index contributed by atoms with van der Waals surface area (Å²) < 4.78 is 18.4. The highest BCUT2D eigenvalue weighted by atomic mass is 19.1. The number of anilines is 3. The summed E-state index contributed by atoms with van der Waals surface area (Å²) in [7, 11) is 0. The second kappa shape index (κ2) is 4.07. The van der Waals surface area contributed by atoms with E-state index >= 15 is 0 Å². The Labute approximate surface area is 103 Å². The number of fused-ring (bicyclic) bond motifs is 1. The second-order valence-corrected chi connectivity index (χ2v) is 4.00. The molecule has 0 amide bonds. The molecule has 3 rings (SSSR count). The van der Waals surface area contributed by atoms with Crippen molar-refractivity contribution in [2.45, 2.75) is 0 Å². The number of nitrogen functional groups attached to an aromatic ring is 1. The maximum Gasteiger partial charge on any atom is 0.136 e. The molecule has 1 heterocycles. The molecule has 3 N–H and O–H groups in total. The van der Waals surface area contributed by atoms with Crippen LogP contribution < -0.4 is 11.1 Å². The molecule has 0 aliphatic rings. The zero-order valence-electron chi connectivity index (χ0n) is 9.48. The van der Waals surface area contributed by atoms with E-state index in [0.29, 0.717) is 11.4 Å². The summed E-state index contributed by atoms with van der Waals surface area (Å²) in [6.07, 6.45) is 1.62. The van der Waals surface area contributed by atoms with E-state index in [2.05, 4.69) is 5.32 Å². The fourth-order valence-electron chi connectivity index (χ4n) is 1.87. The first-order valence-corrected chi connectivity index (χ1v) is 5.52. The zero-order valence-corrected chi connectivity index (χ0v) is 9.48. The van der Waals surface area contributed by atoms with Crippen molar-refractivity contribution < 1.29 is 8.81 Å². The van der Waals surface area contributed by atoms with Gasteiger partial charge in [-0.05, 0) is 30.3 Å². The van der Waals surface area contributed by atoms with Crippen LogP contribution in [0.15, 0.2) is 53.1 Å². The van der Waals surface area contributed by atoms with Crippen molar-refractivity contribution >= 4 is 28.0 Å². The molecular formula is C14H11FN2O. The lowest BCUT2D eigenvalue weighted by Crippen LogP contribution is -1.96. The minimum Gasteiger partial charge on any atom is -0.462 e. The van der Waals surface area contributed by atoms with Crippen LogP contribution in [-0.2, 0) is 0 Å². The third-order valence-corrected chi connectivity index (χ3v) is 2.76. The van der Waals surface area contributed by atoms with E-state index in [1.54, 1.807) is 12.3 Å². The Hall–Kier alpha value is -2.49. The monoisotopic (exact) mass is 242 g/mol. The van der Waals surface area contributed by atoms with Gasteiger partial charge >= 0.3 is 0 Å². The molecule has 0 fully saturated rings. The number of furan rings is 1. The molecule has 0 atom stereocenters. The summed E-state index contributed by atoms with van der Waals surface area (Å²) in [5, 5.41) is 4.10. The first-order chi connectivity index (χ1) is 8.74. The van der Waals surface area contributed by atoms with Crippen LogP contribution in [0.4, 0.5) is 21.5 Å². The van der Waals surface area contributed by atoms with Crippen LogP contribution in [0.5, 0.6) is 0 Å². The topological polar surface area (TPSA) is 51.2 Å². The Bertz CT molecular complexity index is 706. The molecule has 3 nitrogen and oxygen atoms in total. The van der Waals surface area contributed by atoms with E-state index in [1.807, 2.05) is 24.3 Å². The fraction of sp³-hybridized carbons (Fsp3) is 0. The first-order valence-electron chi connectivity index (χ1n) is 5.52. The molecule has 0 radical (unpaired) electrons. The van der Waals surface area contributed by atoms with Gasteiger partial charge in [0.15, 0.2) is 0 Å². The van der Waals surface area contributed by atoms with E-state index in [4.69, 9.17) is 10.2 Å². The Morgan fingerprint density at radius 3 is 2.72 bits per heavy atom. The highest BCUT2D eigenvalue weighted by molar-refractivity contribution is 5.93. The Morgan fingerprint density at radius 2 is 1.89 bits per heavy atom. The van der Waals surface area contributed by atoms with Crippen molar-refractivity contribution in [2.24, 2.45) is 0 Å². The van der Waals surface area contributed by atoms with E-state index in [-0.39, 0.29) is 5.82 Å². The van der Waals surface area contributed by atoms with Gasteiger partial charge < -0.3 is 15.5 Å². The van der Waals surface area contributed by atoms with Crippen molar-refractivity contribution in [3.8, 4) is 0 Å². The van der Waals surface area contributed by atoms with Gasteiger partial charge in [-0.1, -0.05) is 12.1 Å². The molecule has 0 aliphatic heterocycles. The molecule has 1 aromatic heterocycles. The number of para-hydroxylation sites is 1. The van der Waals surface area contributed by atoms with Gasteiger partial charge in [0.2, 0.25) is 0 Å². The highest BCUT2D eigenvalue weighted by Crippen LogP contribution is 2.30. The van der Waals surface area contributed by atoms with Crippen LogP contribution in [0.3, 0.4) is 0 Å². The van der Waals surface area contributed by atoms with E-state index in [0.717, 1.165) is 16.7 Å². The van der Waals surface area contributed by atoms with Gasteiger partial charge in [0, 0.05) is 5.39 Å². The fourth-order valence-corrected chi connectivity index (χ4v) is 1.87. The Kier molecular flexibility index (Phi) is 2.41.